The van der Waals surface area contributed by atoms with Gasteiger partial charge < -0.3 is 26.0 Å². The van der Waals surface area contributed by atoms with Crippen LogP contribution in [0.2, 0.25) is 5.02 Å². The van der Waals surface area contributed by atoms with Crippen LogP contribution in [0.15, 0.2) is 60.0 Å². The minimum atomic E-state index is -1.14. The van der Waals surface area contributed by atoms with Crippen molar-refractivity contribution in [1.82, 2.24) is 34.3 Å². The van der Waals surface area contributed by atoms with E-state index in [-0.39, 0.29) is 0 Å². The number of aromatic nitrogens is 4. The number of methoxy groups -OCH3 is 1. The molecule has 3 aromatic heterocycles. The molecule has 5 rings (SSSR count). The number of hydrogen-bond acceptors (Lipinski definition) is 9. The first-order chi connectivity index (χ1) is 17.8. The summed E-state index contributed by atoms with van der Waals surface area (Å²) in [5.41, 5.74) is 16.2. The Hall–Kier alpha value is -3.18. The molecule has 0 bridgehead atoms. The molecule has 2 aliphatic rings. The van der Waals surface area contributed by atoms with Crippen molar-refractivity contribution >= 4 is 17.1 Å². The lowest BCUT2D eigenvalue weighted by molar-refractivity contribution is 0.145. The second-order valence-corrected chi connectivity index (χ2v) is 10.2. The van der Waals surface area contributed by atoms with Crippen molar-refractivity contribution in [3.05, 3.63) is 70.9 Å². The maximum absolute atomic E-state index is 6.95. The Balaban J connectivity index is 1.41. The van der Waals surface area contributed by atoms with E-state index in [9.17, 15) is 0 Å². The van der Waals surface area contributed by atoms with E-state index in [1.54, 1.807) is 24.0 Å². The molecule has 1 saturated heterocycles. The van der Waals surface area contributed by atoms with Crippen LogP contribution in [0.3, 0.4) is 0 Å². The van der Waals surface area contributed by atoms with Gasteiger partial charge in [0.15, 0.2) is 5.82 Å². The van der Waals surface area contributed by atoms with Gasteiger partial charge in [-0.1, -0.05) is 17.7 Å². The Labute approximate surface area is 222 Å². The first-order valence-electron chi connectivity index (χ1n) is 12.4. The minimum absolute atomic E-state index is 0.316. The highest BCUT2D eigenvalue weighted by atomic mass is 35.5. The zero-order valence-corrected chi connectivity index (χ0v) is 22.3. The molecule has 10 nitrogen and oxygen atoms in total. The number of rotatable bonds is 7. The lowest BCUT2D eigenvalue weighted by atomic mass is 9.85. The van der Waals surface area contributed by atoms with Crippen LogP contribution in [-0.4, -0.2) is 94.8 Å². The van der Waals surface area contributed by atoms with Crippen molar-refractivity contribution < 1.29 is 4.74 Å². The van der Waals surface area contributed by atoms with E-state index in [0.717, 1.165) is 56.0 Å². The van der Waals surface area contributed by atoms with Gasteiger partial charge in [-0.3, -0.25) is 4.90 Å². The molecule has 196 valence electrons. The van der Waals surface area contributed by atoms with Crippen molar-refractivity contribution in [3.8, 4) is 11.3 Å². The number of nitrogens with zero attached hydrogens (tertiary/aromatic N) is 7. The number of piperazine rings is 1. The van der Waals surface area contributed by atoms with Gasteiger partial charge in [0.1, 0.15) is 11.3 Å². The molecule has 4 N–H and O–H groups in total. The van der Waals surface area contributed by atoms with Crippen molar-refractivity contribution in [3.63, 3.8) is 0 Å². The Morgan fingerprint density at radius 2 is 1.97 bits per heavy atom. The fourth-order valence-electron chi connectivity index (χ4n) is 4.98. The van der Waals surface area contributed by atoms with Crippen molar-refractivity contribution in [2.24, 2.45) is 11.5 Å². The molecule has 0 spiro atoms. The van der Waals surface area contributed by atoms with Gasteiger partial charge in [-0.25, -0.2) is 14.5 Å². The molecule has 1 aliphatic carbocycles. The van der Waals surface area contributed by atoms with Crippen LogP contribution < -0.4 is 11.5 Å². The Kier molecular flexibility index (Phi) is 7.09. The van der Waals surface area contributed by atoms with E-state index in [1.165, 1.54) is 0 Å². The first-order valence-corrected chi connectivity index (χ1v) is 12.8. The van der Waals surface area contributed by atoms with E-state index >= 15 is 0 Å². The third-order valence-corrected chi connectivity index (χ3v) is 7.59. The molecule has 4 heterocycles. The molecular formula is C26H34ClN9O. The van der Waals surface area contributed by atoms with Crippen LogP contribution in [0.4, 0.5) is 0 Å². The zero-order valence-electron chi connectivity index (χ0n) is 21.6. The van der Waals surface area contributed by atoms with Crippen LogP contribution in [0, 0.1) is 0 Å². The predicted octanol–water partition coefficient (Wildman–Crippen LogP) is 1.88. The smallest absolute Gasteiger partial charge is 0.157 e. The normalized spacial score (nSPS) is 21.4. The number of hydrogen-bond donors (Lipinski definition) is 2. The van der Waals surface area contributed by atoms with E-state index in [4.69, 9.17) is 32.8 Å². The predicted molar refractivity (Wildman–Crippen MR) is 145 cm³/mol. The van der Waals surface area contributed by atoms with Crippen LogP contribution in [0.25, 0.3) is 16.8 Å². The lowest BCUT2D eigenvalue weighted by Crippen LogP contribution is -2.47. The summed E-state index contributed by atoms with van der Waals surface area (Å²) in [4.78, 5) is 16.3. The number of nitrogens with two attached hydrogens (primary N) is 2. The third-order valence-electron chi connectivity index (χ3n) is 7.31. The summed E-state index contributed by atoms with van der Waals surface area (Å²) < 4.78 is 7.58. The van der Waals surface area contributed by atoms with Crippen molar-refractivity contribution in [2.75, 3.05) is 60.5 Å². The average molecular weight is 524 g/mol. The Morgan fingerprint density at radius 1 is 1.19 bits per heavy atom. The van der Waals surface area contributed by atoms with Gasteiger partial charge in [0.2, 0.25) is 0 Å². The summed E-state index contributed by atoms with van der Waals surface area (Å²) in [6.07, 6.45) is 7.42. The van der Waals surface area contributed by atoms with Crippen LogP contribution in [0.1, 0.15) is 12.2 Å². The number of pyridine rings is 1. The highest BCUT2D eigenvalue weighted by Gasteiger charge is 2.41. The monoisotopic (exact) mass is 523 g/mol. The maximum atomic E-state index is 6.95. The van der Waals surface area contributed by atoms with Gasteiger partial charge in [-0.05, 0) is 19.2 Å². The molecule has 11 heteroatoms. The number of fused-ring (bicyclic) bond motifs is 1. The number of likely N-dealkylation sites (N-methyl/N-ethyl adjacent to an activating group) is 2. The van der Waals surface area contributed by atoms with Gasteiger partial charge in [-0.15, -0.1) is 0 Å². The Morgan fingerprint density at radius 3 is 2.73 bits per heavy atom. The Bertz CT molecular complexity index is 1340. The molecule has 0 radical (unpaired) electrons. The molecule has 1 unspecified atom stereocenters. The largest absolute Gasteiger partial charge is 0.499 e. The summed E-state index contributed by atoms with van der Waals surface area (Å²) in [5, 5.41) is 4.83. The van der Waals surface area contributed by atoms with Gasteiger partial charge in [0.25, 0.3) is 0 Å². The quantitative estimate of drug-likeness (QED) is 0.479. The minimum Gasteiger partial charge on any atom is -0.499 e. The SMILES string of the molecule is COC1=CC(N(C)CCN2CCN(C)CC2)=C(N)CC1(N)c1ncc(Cl)c(-c2cnn3ccccc23)n1. The molecule has 37 heavy (non-hydrogen) atoms. The summed E-state index contributed by atoms with van der Waals surface area (Å²) in [5.74, 6) is 0.939. The van der Waals surface area contributed by atoms with Crippen molar-refractivity contribution in [2.45, 2.75) is 12.0 Å². The second kappa shape index (κ2) is 10.3. The van der Waals surface area contributed by atoms with Crippen LogP contribution in [-0.2, 0) is 10.3 Å². The van der Waals surface area contributed by atoms with E-state index in [2.05, 4.69) is 31.8 Å². The first kappa shape index (κ1) is 25.5. The number of ether oxygens (including phenoxy) is 1. The second-order valence-electron chi connectivity index (χ2n) is 9.82. The van der Waals surface area contributed by atoms with Crippen LogP contribution >= 0.6 is 11.6 Å². The third kappa shape index (κ3) is 4.89. The fourth-order valence-corrected chi connectivity index (χ4v) is 5.17. The van der Waals surface area contributed by atoms with Gasteiger partial charge in [-0.2, -0.15) is 5.10 Å². The van der Waals surface area contributed by atoms with E-state index < -0.39 is 5.54 Å². The van der Waals surface area contributed by atoms with E-state index in [1.807, 2.05) is 37.5 Å². The van der Waals surface area contributed by atoms with Crippen LogP contribution in [0.5, 0.6) is 0 Å². The zero-order chi connectivity index (χ0) is 26.2. The highest BCUT2D eigenvalue weighted by Crippen LogP contribution is 2.38. The summed E-state index contributed by atoms with van der Waals surface area (Å²) in [7, 11) is 5.82. The topological polar surface area (TPSA) is 114 Å². The maximum Gasteiger partial charge on any atom is 0.157 e. The molecule has 0 amide bonds. The number of halogens is 1. The van der Waals surface area contributed by atoms with Gasteiger partial charge in [0, 0.05) is 82.5 Å². The molecule has 1 aliphatic heterocycles. The average Bonchev–Trinajstić information content (AvgIpc) is 3.32. The summed E-state index contributed by atoms with van der Waals surface area (Å²) in [6, 6.07) is 5.82. The highest BCUT2D eigenvalue weighted by molar-refractivity contribution is 6.33. The van der Waals surface area contributed by atoms with Gasteiger partial charge >= 0.3 is 0 Å². The molecule has 0 aromatic carbocycles. The van der Waals surface area contributed by atoms with Gasteiger partial charge in [0.05, 0.1) is 35.2 Å². The fraction of sp³-hybridized carbons (Fsp3) is 0.423. The lowest BCUT2D eigenvalue weighted by Gasteiger charge is -2.37. The molecule has 1 fully saturated rings. The standard InChI is InChI=1S/C26H34ClN9O/c1-33-8-11-35(12-9-33)13-10-34(2)22-14-23(37-3)26(29,15-20(22)28)25-30-17-19(27)24(32-25)18-16-31-36-7-5-4-6-21(18)36/h4-7,14,16-17H,8-13,15,28-29H2,1-3H3. The number of allylic oxidation sites excluding steroid dienone is 1. The summed E-state index contributed by atoms with van der Waals surface area (Å²) in [6.45, 7) is 6.15. The summed E-state index contributed by atoms with van der Waals surface area (Å²) >= 11 is 6.55. The molecular weight excluding hydrogens is 490 g/mol. The molecule has 0 saturated carbocycles. The molecule has 3 aromatic rings. The molecule has 1 atom stereocenters. The van der Waals surface area contributed by atoms with Crippen molar-refractivity contribution in [1.29, 1.82) is 0 Å². The van der Waals surface area contributed by atoms with E-state index in [0.29, 0.717) is 34.4 Å².